The first-order chi connectivity index (χ1) is 14.4. The van der Waals surface area contributed by atoms with Gasteiger partial charge >= 0.3 is 0 Å². The highest BCUT2D eigenvalue weighted by Gasteiger charge is 2.73. The summed E-state index contributed by atoms with van der Waals surface area (Å²) in [5.41, 5.74) is 4.30. The standard InChI is InChI=1S/C24H25N3O3/c25-12-24(13-26)20(17-1-3-18(4-2-17)30-11-19(27)28)21(24)22(29)23-8-14-5-15(9-23)7-16(6-14)10-23/h1-4,14-16,20-21H,5-11H2,(H2,27,28)/t14?,15?,16?,20-,21+,23?/m1/s1. The van der Waals surface area contributed by atoms with Crippen LogP contribution >= 0.6 is 0 Å². The van der Waals surface area contributed by atoms with Crippen LogP contribution in [-0.4, -0.2) is 18.3 Å². The molecule has 2 N–H and O–H groups in total. The van der Waals surface area contributed by atoms with E-state index in [2.05, 4.69) is 12.1 Å². The van der Waals surface area contributed by atoms with Crippen LogP contribution in [0.4, 0.5) is 0 Å². The van der Waals surface area contributed by atoms with E-state index >= 15 is 0 Å². The third kappa shape index (κ3) is 2.74. The smallest absolute Gasteiger partial charge is 0.255 e. The number of Topliss-reactive ketones (excluding diaryl/α,β-unsaturated/α-hetero) is 1. The zero-order valence-corrected chi connectivity index (χ0v) is 16.8. The summed E-state index contributed by atoms with van der Waals surface area (Å²) in [5, 5.41) is 19.8. The van der Waals surface area contributed by atoms with Crippen molar-refractivity contribution in [3.05, 3.63) is 29.8 Å². The third-order valence-electron chi connectivity index (χ3n) is 8.04. The number of ketones is 1. The van der Waals surface area contributed by atoms with E-state index in [0.717, 1.165) is 24.8 Å². The van der Waals surface area contributed by atoms with Crippen LogP contribution in [0.1, 0.15) is 50.0 Å². The second-order valence-electron chi connectivity index (χ2n) is 9.93. The lowest BCUT2D eigenvalue weighted by atomic mass is 9.48. The van der Waals surface area contributed by atoms with Gasteiger partial charge in [0.1, 0.15) is 11.5 Å². The van der Waals surface area contributed by atoms with Crippen LogP contribution in [0.2, 0.25) is 0 Å². The Bertz CT molecular complexity index is 935. The van der Waals surface area contributed by atoms with Gasteiger partial charge in [-0.15, -0.1) is 0 Å². The SMILES string of the molecule is N#CC1(C#N)[C@H](C(=O)C23CC4CC(CC(C4)C2)C3)[C@H]1c1ccc(OCC(N)=O)cc1. The fraction of sp³-hybridized carbons (Fsp3) is 0.583. The molecule has 2 atom stereocenters. The number of hydrogen-bond acceptors (Lipinski definition) is 5. The minimum atomic E-state index is -1.28. The molecule has 1 aromatic rings. The van der Waals surface area contributed by atoms with Crippen molar-refractivity contribution in [1.29, 1.82) is 10.5 Å². The molecule has 0 heterocycles. The number of hydrogen-bond donors (Lipinski definition) is 1. The second kappa shape index (κ2) is 6.57. The Morgan fingerprint density at radius 3 is 2.00 bits per heavy atom. The van der Waals surface area contributed by atoms with Crippen molar-refractivity contribution >= 4 is 11.7 Å². The lowest BCUT2D eigenvalue weighted by Gasteiger charge is -2.56. The van der Waals surface area contributed by atoms with Gasteiger partial charge < -0.3 is 10.5 Å². The van der Waals surface area contributed by atoms with Gasteiger partial charge in [-0.1, -0.05) is 12.1 Å². The van der Waals surface area contributed by atoms with Crippen molar-refractivity contribution in [2.75, 3.05) is 6.61 Å². The first-order valence-corrected chi connectivity index (χ1v) is 10.8. The Morgan fingerprint density at radius 2 is 1.53 bits per heavy atom. The largest absolute Gasteiger partial charge is 0.484 e. The van der Waals surface area contributed by atoms with Crippen molar-refractivity contribution < 1.29 is 14.3 Å². The minimum Gasteiger partial charge on any atom is -0.484 e. The molecule has 0 radical (unpaired) electrons. The van der Waals surface area contributed by atoms with Crippen molar-refractivity contribution in [2.24, 2.45) is 40.2 Å². The predicted molar refractivity (Wildman–Crippen MR) is 107 cm³/mol. The van der Waals surface area contributed by atoms with E-state index in [4.69, 9.17) is 10.5 Å². The number of carbonyl (C=O) groups excluding carboxylic acids is 2. The summed E-state index contributed by atoms with van der Waals surface area (Å²) >= 11 is 0. The molecule has 154 valence electrons. The number of nitrogens with two attached hydrogens (primary N) is 1. The number of nitriles is 2. The molecule has 0 aromatic heterocycles. The van der Waals surface area contributed by atoms with Crippen molar-refractivity contribution in [3.8, 4) is 17.9 Å². The van der Waals surface area contributed by atoms with Gasteiger partial charge in [-0.3, -0.25) is 9.59 Å². The maximum atomic E-state index is 13.8. The van der Waals surface area contributed by atoms with Crippen molar-refractivity contribution in [3.63, 3.8) is 0 Å². The van der Waals surface area contributed by atoms with Crippen LogP contribution in [0.3, 0.4) is 0 Å². The molecule has 5 saturated carbocycles. The molecule has 1 aromatic carbocycles. The first-order valence-electron chi connectivity index (χ1n) is 10.8. The Labute approximate surface area is 176 Å². The number of amides is 1. The Balaban J connectivity index is 1.41. The summed E-state index contributed by atoms with van der Waals surface area (Å²) in [7, 11) is 0. The molecule has 0 aliphatic heterocycles. The lowest BCUT2D eigenvalue weighted by molar-refractivity contribution is -0.145. The van der Waals surface area contributed by atoms with E-state index < -0.39 is 23.2 Å². The van der Waals surface area contributed by atoms with Gasteiger partial charge in [-0.05, 0) is 74.0 Å². The van der Waals surface area contributed by atoms with E-state index in [1.54, 1.807) is 24.3 Å². The number of carbonyl (C=O) groups is 2. The van der Waals surface area contributed by atoms with Gasteiger partial charge in [-0.25, -0.2) is 0 Å². The summed E-state index contributed by atoms with van der Waals surface area (Å²) in [4.78, 5) is 24.7. The Morgan fingerprint density at radius 1 is 1.00 bits per heavy atom. The fourth-order valence-electron chi connectivity index (χ4n) is 7.17. The average molecular weight is 403 g/mol. The van der Waals surface area contributed by atoms with Crippen LogP contribution in [-0.2, 0) is 9.59 Å². The molecule has 0 saturated heterocycles. The number of nitrogens with zero attached hydrogens (tertiary/aromatic N) is 2. The monoisotopic (exact) mass is 403 g/mol. The summed E-state index contributed by atoms with van der Waals surface area (Å²) < 4.78 is 5.29. The fourth-order valence-corrected chi connectivity index (χ4v) is 7.17. The van der Waals surface area contributed by atoms with Crippen LogP contribution < -0.4 is 10.5 Å². The predicted octanol–water partition coefficient (Wildman–Crippen LogP) is 3.08. The Kier molecular flexibility index (Phi) is 4.19. The topological polar surface area (TPSA) is 117 Å². The normalized spacial score (nSPS) is 37.1. The lowest BCUT2D eigenvalue weighted by Crippen LogP contribution is -2.50. The molecule has 4 bridgehead atoms. The van der Waals surface area contributed by atoms with Crippen LogP contribution in [0.5, 0.6) is 5.75 Å². The molecule has 30 heavy (non-hydrogen) atoms. The van der Waals surface area contributed by atoms with Gasteiger partial charge in [0.15, 0.2) is 12.0 Å². The third-order valence-corrected chi connectivity index (χ3v) is 8.04. The van der Waals surface area contributed by atoms with Gasteiger partial charge in [0.25, 0.3) is 5.91 Å². The maximum Gasteiger partial charge on any atom is 0.255 e. The van der Waals surface area contributed by atoms with E-state index in [1.165, 1.54) is 19.3 Å². The molecule has 6 nitrogen and oxygen atoms in total. The van der Waals surface area contributed by atoms with Gasteiger partial charge in [-0.2, -0.15) is 10.5 Å². The van der Waals surface area contributed by atoms with E-state index in [1.807, 2.05) is 0 Å². The highest BCUT2D eigenvalue weighted by molar-refractivity contribution is 5.94. The molecule has 1 amide bonds. The molecule has 5 aliphatic rings. The number of ether oxygens (including phenoxy) is 1. The molecule has 5 fully saturated rings. The van der Waals surface area contributed by atoms with E-state index in [-0.39, 0.29) is 17.8 Å². The summed E-state index contributed by atoms with van der Waals surface area (Å²) in [5.74, 6) is 1.04. The molecule has 0 unspecified atom stereocenters. The summed E-state index contributed by atoms with van der Waals surface area (Å²) in [6, 6.07) is 11.4. The highest BCUT2D eigenvalue weighted by Crippen LogP contribution is 2.70. The minimum absolute atomic E-state index is 0.156. The maximum absolute atomic E-state index is 13.8. The quantitative estimate of drug-likeness (QED) is 0.783. The molecule has 6 rings (SSSR count). The molecule has 6 heteroatoms. The van der Waals surface area contributed by atoms with Crippen molar-refractivity contribution in [1.82, 2.24) is 0 Å². The van der Waals surface area contributed by atoms with E-state index in [0.29, 0.717) is 23.5 Å². The number of primary amides is 1. The molecular weight excluding hydrogens is 378 g/mol. The van der Waals surface area contributed by atoms with Crippen LogP contribution in [0.25, 0.3) is 0 Å². The highest BCUT2D eigenvalue weighted by atomic mass is 16.5. The number of benzene rings is 1. The van der Waals surface area contributed by atoms with E-state index in [9.17, 15) is 20.1 Å². The summed E-state index contributed by atoms with van der Waals surface area (Å²) in [6.45, 7) is -0.212. The molecular formula is C24H25N3O3. The van der Waals surface area contributed by atoms with Crippen molar-refractivity contribution in [2.45, 2.75) is 44.4 Å². The van der Waals surface area contributed by atoms with Gasteiger partial charge in [0, 0.05) is 11.3 Å². The van der Waals surface area contributed by atoms with Crippen LogP contribution in [0.15, 0.2) is 24.3 Å². The zero-order valence-electron chi connectivity index (χ0n) is 16.8. The first kappa shape index (κ1) is 19.1. The average Bonchev–Trinajstić information content (AvgIpc) is 3.40. The second-order valence-corrected chi connectivity index (χ2v) is 9.93. The Hall–Kier alpha value is -2.86. The zero-order chi connectivity index (χ0) is 21.1. The number of rotatable bonds is 6. The van der Waals surface area contributed by atoms with Gasteiger partial charge in [0.05, 0.1) is 18.1 Å². The molecule has 0 spiro atoms. The molecule has 5 aliphatic carbocycles. The van der Waals surface area contributed by atoms with Gasteiger partial charge in [0.2, 0.25) is 0 Å². The van der Waals surface area contributed by atoms with Crippen LogP contribution in [0, 0.1) is 57.2 Å². The summed E-state index contributed by atoms with van der Waals surface area (Å²) in [6.07, 6.45) is 6.55.